The molecule has 1 aromatic carbocycles. The molecule has 0 saturated carbocycles. The summed E-state index contributed by atoms with van der Waals surface area (Å²) in [6.45, 7) is 0.259. The molecule has 2 aromatic rings. The highest BCUT2D eigenvalue weighted by molar-refractivity contribution is 5.90. The Morgan fingerprint density at radius 3 is 2.80 bits per heavy atom. The first-order valence-corrected chi connectivity index (χ1v) is 6.03. The predicted molar refractivity (Wildman–Crippen MR) is 70.8 cm³/mol. The van der Waals surface area contributed by atoms with Crippen molar-refractivity contribution < 1.29 is 28.5 Å². The van der Waals surface area contributed by atoms with Crippen molar-refractivity contribution in [3.8, 4) is 5.75 Å². The molecule has 1 heterocycles. The van der Waals surface area contributed by atoms with Gasteiger partial charge in [0, 0.05) is 18.1 Å². The van der Waals surface area contributed by atoms with Crippen molar-refractivity contribution in [1.29, 1.82) is 0 Å². The third-order valence-electron chi connectivity index (χ3n) is 2.85. The minimum absolute atomic E-state index is 0.112. The quantitative estimate of drug-likeness (QED) is 0.618. The summed E-state index contributed by atoms with van der Waals surface area (Å²) in [6, 6.07) is 5.36. The standard InChI is InChI=1S/C14H16O6/c1-17-8-19-7-12-10(6-13(15)16)9-4-3-5-11(18-2)14(9)20-12/h3-5H,6-8H2,1-2H3,(H,15,16). The van der Waals surface area contributed by atoms with Gasteiger partial charge in [0.1, 0.15) is 19.2 Å². The van der Waals surface area contributed by atoms with E-state index in [2.05, 4.69) is 0 Å². The van der Waals surface area contributed by atoms with Crippen molar-refractivity contribution in [2.24, 2.45) is 0 Å². The lowest BCUT2D eigenvalue weighted by atomic mass is 10.1. The fourth-order valence-electron chi connectivity index (χ4n) is 2.03. The molecule has 0 fully saturated rings. The van der Waals surface area contributed by atoms with E-state index in [-0.39, 0.29) is 19.8 Å². The van der Waals surface area contributed by atoms with Crippen molar-refractivity contribution in [2.45, 2.75) is 13.0 Å². The lowest BCUT2D eigenvalue weighted by Crippen LogP contribution is -2.04. The Bertz CT molecular complexity index is 601. The van der Waals surface area contributed by atoms with E-state index in [1.54, 1.807) is 18.2 Å². The second-order valence-electron chi connectivity index (χ2n) is 4.17. The van der Waals surface area contributed by atoms with Gasteiger partial charge in [-0.3, -0.25) is 4.79 Å². The molecule has 0 radical (unpaired) electrons. The molecule has 20 heavy (non-hydrogen) atoms. The van der Waals surface area contributed by atoms with Crippen LogP contribution in [0.15, 0.2) is 22.6 Å². The Hall–Kier alpha value is -2.05. The Balaban J connectivity index is 2.45. The monoisotopic (exact) mass is 280 g/mol. The molecule has 0 aliphatic rings. The minimum Gasteiger partial charge on any atom is -0.493 e. The SMILES string of the molecule is COCOCc1oc2c(OC)cccc2c1CC(=O)O. The van der Waals surface area contributed by atoms with Gasteiger partial charge in [-0.1, -0.05) is 12.1 Å². The van der Waals surface area contributed by atoms with Crippen LogP contribution in [0.4, 0.5) is 0 Å². The number of carbonyl (C=O) groups is 1. The first-order valence-electron chi connectivity index (χ1n) is 6.03. The maximum Gasteiger partial charge on any atom is 0.307 e. The highest BCUT2D eigenvalue weighted by atomic mass is 16.7. The van der Waals surface area contributed by atoms with Gasteiger partial charge in [0.15, 0.2) is 11.3 Å². The number of methoxy groups -OCH3 is 2. The van der Waals surface area contributed by atoms with Crippen LogP contribution in [-0.2, 0) is 27.3 Å². The third-order valence-corrected chi connectivity index (χ3v) is 2.85. The molecule has 1 aromatic heterocycles. The molecule has 1 N–H and O–H groups in total. The number of rotatable bonds is 7. The molecule has 0 aliphatic carbocycles. The summed E-state index contributed by atoms with van der Waals surface area (Å²) in [4.78, 5) is 11.0. The Kier molecular flexibility index (Phi) is 4.60. The Morgan fingerprint density at radius 1 is 1.35 bits per heavy atom. The normalized spacial score (nSPS) is 10.9. The molecule has 108 valence electrons. The minimum atomic E-state index is -0.927. The number of furan rings is 1. The van der Waals surface area contributed by atoms with Gasteiger partial charge in [0.05, 0.1) is 13.5 Å². The number of carboxylic acids is 1. The Labute approximate surface area is 115 Å². The number of carboxylic acid groups (broad SMARTS) is 1. The first-order chi connectivity index (χ1) is 9.67. The van der Waals surface area contributed by atoms with Gasteiger partial charge in [-0.2, -0.15) is 0 Å². The second kappa shape index (κ2) is 6.40. The zero-order chi connectivity index (χ0) is 14.5. The number of aliphatic carboxylic acids is 1. The van der Waals surface area contributed by atoms with E-state index in [0.29, 0.717) is 22.7 Å². The van der Waals surface area contributed by atoms with E-state index < -0.39 is 5.97 Å². The summed E-state index contributed by atoms with van der Waals surface area (Å²) in [7, 11) is 3.05. The van der Waals surface area contributed by atoms with Gasteiger partial charge in [0.2, 0.25) is 0 Å². The van der Waals surface area contributed by atoms with E-state index in [1.165, 1.54) is 14.2 Å². The average Bonchev–Trinajstić information content (AvgIpc) is 2.77. The highest BCUT2D eigenvalue weighted by Crippen LogP contribution is 2.33. The van der Waals surface area contributed by atoms with Crippen molar-refractivity contribution in [3.63, 3.8) is 0 Å². The van der Waals surface area contributed by atoms with E-state index in [4.69, 9.17) is 23.7 Å². The molecule has 0 spiro atoms. The first kappa shape index (κ1) is 14.4. The number of para-hydroxylation sites is 1. The van der Waals surface area contributed by atoms with Gasteiger partial charge in [0.25, 0.3) is 0 Å². The smallest absolute Gasteiger partial charge is 0.307 e. The van der Waals surface area contributed by atoms with E-state index in [9.17, 15) is 4.79 Å². The van der Waals surface area contributed by atoms with Gasteiger partial charge >= 0.3 is 5.97 Å². The summed E-state index contributed by atoms with van der Waals surface area (Å²) in [5.74, 6) is 0.111. The highest BCUT2D eigenvalue weighted by Gasteiger charge is 2.19. The van der Waals surface area contributed by atoms with Crippen LogP contribution >= 0.6 is 0 Å². The summed E-state index contributed by atoms with van der Waals surface area (Å²) in [6.07, 6.45) is -0.133. The zero-order valence-corrected chi connectivity index (χ0v) is 11.3. The summed E-state index contributed by atoms with van der Waals surface area (Å²) >= 11 is 0. The summed E-state index contributed by atoms with van der Waals surface area (Å²) in [5.41, 5.74) is 1.13. The van der Waals surface area contributed by atoms with Crippen molar-refractivity contribution in [2.75, 3.05) is 21.0 Å². The van der Waals surface area contributed by atoms with Crippen LogP contribution in [0.3, 0.4) is 0 Å². The Morgan fingerprint density at radius 2 is 2.15 bits per heavy atom. The topological polar surface area (TPSA) is 78.1 Å². The van der Waals surface area contributed by atoms with Gasteiger partial charge < -0.3 is 23.7 Å². The van der Waals surface area contributed by atoms with E-state index in [0.717, 1.165) is 5.39 Å². The van der Waals surface area contributed by atoms with E-state index in [1.807, 2.05) is 0 Å². The van der Waals surface area contributed by atoms with Gasteiger partial charge in [-0.05, 0) is 6.07 Å². The van der Waals surface area contributed by atoms with Crippen molar-refractivity contribution in [1.82, 2.24) is 0 Å². The zero-order valence-electron chi connectivity index (χ0n) is 11.3. The lowest BCUT2D eigenvalue weighted by Gasteiger charge is -2.02. The maximum absolute atomic E-state index is 11.0. The molecule has 0 bridgehead atoms. The molecular formula is C14H16O6. The average molecular weight is 280 g/mol. The lowest BCUT2D eigenvalue weighted by molar-refractivity contribution is -0.136. The predicted octanol–water partition coefficient (Wildman–Crippen LogP) is 2.19. The fraction of sp³-hybridized carbons (Fsp3) is 0.357. The fourth-order valence-corrected chi connectivity index (χ4v) is 2.03. The second-order valence-corrected chi connectivity index (χ2v) is 4.17. The van der Waals surface area contributed by atoms with Gasteiger partial charge in [-0.25, -0.2) is 0 Å². The molecule has 6 nitrogen and oxygen atoms in total. The number of ether oxygens (including phenoxy) is 3. The van der Waals surface area contributed by atoms with Crippen LogP contribution in [0.2, 0.25) is 0 Å². The van der Waals surface area contributed by atoms with Crippen LogP contribution < -0.4 is 4.74 Å². The van der Waals surface area contributed by atoms with Crippen molar-refractivity contribution >= 4 is 16.9 Å². The van der Waals surface area contributed by atoms with Crippen molar-refractivity contribution in [3.05, 3.63) is 29.5 Å². The van der Waals surface area contributed by atoms with Crippen LogP contribution in [0.5, 0.6) is 5.75 Å². The molecule has 2 rings (SSSR count). The number of benzene rings is 1. The molecular weight excluding hydrogens is 264 g/mol. The summed E-state index contributed by atoms with van der Waals surface area (Å²) < 4.78 is 21.0. The van der Waals surface area contributed by atoms with Crippen LogP contribution in [-0.4, -0.2) is 32.1 Å². The molecule has 0 amide bonds. The summed E-state index contributed by atoms with van der Waals surface area (Å²) in [5, 5.41) is 9.75. The number of fused-ring (bicyclic) bond motifs is 1. The van der Waals surface area contributed by atoms with Gasteiger partial charge in [-0.15, -0.1) is 0 Å². The maximum atomic E-state index is 11.0. The third kappa shape index (κ3) is 2.92. The number of hydrogen-bond donors (Lipinski definition) is 1. The largest absolute Gasteiger partial charge is 0.493 e. The molecule has 0 unspecified atom stereocenters. The van der Waals surface area contributed by atoms with Crippen LogP contribution in [0.25, 0.3) is 11.0 Å². The van der Waals surface area contributed by atoms with E-state index >= 15 is 0 Å². The van der Waals surface area contributed by atoms with Crippen LogP contribution in [0, 0.1) is 0 Å². The molecule has 0 saturated heterocycles. The molecule has 6 heteroatoms. The van der Waals surface area contributed by atoms with Crippen LogP contribution in [0.1, 0.15) is 11.3 Å². The molecule has 0 aliphatic heterocycles. The number of hydrogen-bond acceptors (Lipinski definition) is 5. The molecule has 0 atom stereocenters.